The van der Waals surface area contributed by atoms with Crippen molar-refractivity contribution in [1.82, 2.24) is 20.4 Å². The number of halogens is 1. The first kappa shape index (κ1) is 57.9. The van der Waals surface area contributed by atoms with E-state index < -0.39 is 52.8 Å². The van der Waals surface area contributed by atoms with Crippen molar-refractivity contribution in [3.63, 3.8) is 0 Å². The maximum Gasteiger partial charge on any atom is 0.408 e. The molecule has 360 valence electrons. The summed E-state index contributed by atoms with van der Waals surface area (Å²) in [5.74, 6) is -1.34. The molecule has 17 heteroatoms. The van der Waals surface area contributed by atoms with Crippen LogP contribution >= 0.6 is 25.1 Å². The molecule has 0 aliphatic rings. The van der Waals surface area contributed by atoms with Crippen molar-refractivity contribution in [2.75, 3.05) is 20.6 Å². The maximum absolute atomic E-state index is 12.7. The Kier molecular flexibility index (Phi) is 26.5. The molecule has 0 bridgehead atoms. The minimum absolute atomic E-state index is 0. The van der Waals surface area contributed by atoms with Crippen LogP contribution in [0.5, 0.6) is 0 Å². The molecule has 4 aromatic carbocycles. The van der Waals surface area contributed by atoms with Crippen molar-refractivity contribution in [2.24, 2.45) is 5.73 Å². The van der Waals surface area contributed by atoms with Crippen molar-refractivity contribution >= 4 is 60.5 Å². The van der Waals surface area contributed by atoms with Crippen LogP contribution in [0.2, 0.25) is 0 Å². The van der Waals surface area contributed by atoms with Gasteiger partial charge in [0.15, 0.2) is 0 Å². The molecular weight excluding hydrogens is 886 g/mol. The number of hydrogen-bond acceptors (Lipinski definition) is 11. The van der Waals surface area contributed by atoms with Crippen molar-refractivity contribution in [3.8, 4) is 0 Å². The summed E-state index contributed by atoms with van der Waals surface area (Å²) < 4.78 is 20.8. The Bertz CT molecular complexity index is 2060. The summed E-state index contributed by atoms with van der Waals surface area (Å²) in [6, 6.07) is 35.9. The molecule has 2 atom stereocenters. The number of rotatable bonds is 16. The van der Waals surface area contributed by atoms with Gasteiger partial charge in [0.1, 0.15) is 36.5 Å². The van der Waals surface area contributed by atoms with Crippen LogP contribution < -0.4 is 16.4 Å². The molecule has 0 heterocycles. The van der Waals surface area contributed by atoms with Crippen LogP contribution in [0.25, 0.3) is 0 Å². The van der Waals surface area contributed by atoms with Gasteiger partial charge < -0.3 is 45.1 Å². The number of amides is 4. The molecule has 0 aromatic heterocycles. The molecule has 15 nitrogen and oxygen atoms in total. The minimum atomic E-state index is -0.998. The lowest BCUT2D eigenvalue weighted by molar-refractivity contribution is -0.148. The summed E-state index contributed by atoms with van der Waals surface area (Å²) in [7, 11) is 3.38. The number of esters is 2. The second kappa shape index (κ2) is 30.2. The Balaban J connectivity index is 0.000000548. The Labute approximate surface area is 401 Å². The predicted octanol–water partition coefficient (Wildman–Crippen LogP) is 8.23. The lowest BCUT2D eigenvalue weighted by Crippen LogP contribution is -2.48. The fourth-order valence-electron chi connectivity index (χ4n) is 5.34. The first-order valence-electron chi connectivity index (χ1n) is 21.0. The molecule has 4 aromatic rings. The van der Waals surface area contributed by atoms with E-state index in [1.807, 2.05) is 121 Å². The Hall–Kier alpha value is -6.10. The van der Waals surface area contributed by atoms with E-state index >= 15 is 0 Å². The largest absolute Gasteiger partial charge is 0.459 e. The van der Waals surface area contributed by atoms with Gasteiger partial charge in [-0.2, -0.15) is 13.5 Å². The summed E-state index contributed by atoms with van der Waals surface area (Å²) in [5, 5.41) is 4.51. The summed E-state index contributed by atoms with van der Waals surface area (Å²) in [5.41, 5.74) is 7.90. The SMILES string of the molecule is CC(C)(C)OC(=O)N[C@@H](CN)C(=O)OCc1ccccc1.CN(Cc1ccccc1)C(=O)CC[C@H](NC(=O)OC(C)(C)C)C(=O)OCc1ccccc1.CN(Cc1ccccc1)C(=O)Cl.S. The van der Waals surface area contributed by atoms with Gasteiger partial charge in [-0.1, -0.05) is 121 Å². The standard InChI is InChI=1S/C25H32N2O5.C15H22N2O4.C9H10ClNO.H2S/c1-25(2,3)32-24(30)26-21(23(29)31-18-20-13-9-6-10-14-20)15-16-22(28)27(4)17-19-11-7-5-8-12-19;1-15(2,3)21-14(19)17-12(9-16)13(18)20-10-11-7-5-4-6-8-11;1-11(9(10)12)7-8-5-3-2-4-6-8;/h5-14,21H,15-18H2,1-4H3,(H,26,30);4-8,12H,9-10,16H2,1-3H3,(H,17,19);2-6H,7H2,1H3;1H2/t21-;12-;;/m00../s1. The van der Waals surface area contributed by atoms with Gasteiger partial charge in [0, 0.05) is 40.2 Å². The van der Waals surface area contributed by atoms with Gasteiger partial charge >= 0.3 is 29.5 Å². The van der Waals surface area contributed by atoms with E-state index in [-0.39, 0.29) is 52.0 Å². The van der Waals surface area contributed by atoms with Gasteiger partial charge in [-0.15, -0.1) is 0 Å². The van der Waals surface area contributed by atoms with Gasteiger partial charge in [0.2, 0.25) is 5.91 Å². The van der Waals surface area contributed by atoms with Crippen molar-refractivity contribution in [1.29, 1.82) is 0 Å². The number of hydrogen-bond donors (Lipinski definition) is 3. The second-order valence-electron chi connectivity index (χ2n) is 16.7. The molecule has 0 radical (unpaired) electrons. The number of benzene rings is 4. The molecule has 0 aliphatic heterocycles. The quantitative estimate of drug-likeness (QED) is 0.0424. The van der Waals surface area contributed by atoms with E-state index in [4.69, 9.17) is 36.3 Å². The van der Waals surface area contributed by atoms with Crippen LogP contribution in [0, 0.1) is 0 Å². The fraction of sp³-hybridized carbons (Fsp3) is 0.388. The van der Waals surface area contributed by atoms with Crippen LogP contribution in [0.4, 0.5) is 14.4 Å². The van der Waals surface area contributed by atoms with E-state index in [9.17, 15) is 28.8 Å². The normalized spacial score (nSPS) is 11.4. The molecule has 0 fully saturated rings. The molecule has 4 N–H and O–H groups in total. The van der Waals surface area contributed by atoms with Crippen LogP contribution in [-0.4, -0.2) is 89.1 Å². The van der Waals surface area contributed by atoms with Crippen LogP contribution in [0.3, 0.4) is 0 Å². The average Bonchev–Trinajstić information content (AvgIpc) is 3.25. The lowest BCUT2D eigenvalue weighted by Gasteiger charge is -2.23. The highest BCUT2D eigenvalue weighted by molar-refractivity contribution is 7.59. The number of ether oxygens (including phenoxy) is 4. The third-order valence-electron chi connectivity index (χ3n) is 8.53. The van der Waals surface area contributed by atoms with Gasteiger partial charge in [-0.05, 0) is 81.8 Å². The third kappa shape index (κ3) is 26.0. The summed E-state index contributed by atoms with van der Waals surface area (Å²) in [6.07, 6.45) is -1.26. The molecule has 0 unspecified atom stereocenters. The zero-order valence-electron chi connectivity index (χ0n) is 39.1. The highest BCUT2D eigenvalue weighted by Crippen LogP contribution is 2.12. The average molecular weight is 953 g/mol. The molecule has 66 heavy (non-hydrogen) atoms. The number of carbonyl (C=O) groups excluding carboxylic acids is 6. The predicted molar refractivity (Wildman–Crippen MR) is 260 cm³/mol. The molecular formula is C49H66ClN5O10S. The molecule has 4 amide bonds. The molecule has 0 saturated heterocycles. The first-order valence-corrected chi connectivity index (χ1v) is 21.4. The fourth-order valence-corrected chi connectivity index (χ4v) is 5.40. The van der Waals surface area contributed by atoms with Gasteiger partial charge in [-0.25, -0.2) is 19.2 Å². The zero-order chi connectivity index (χ0) is 48.4. The number of nitrogens with zero attached hydrogens (tertiary/aromatic N) is 2. The van der Waals surface area contributed by atoms with E-state index in [1.54, 1.807) is 60.5 Å². The Morgan fingerprint density at radius 1 is 0.561 bits per heavy atom. The number of nitrogens with two attached hydrogens (primary N) is 1. The topological polar surface area (TPSA) is 196 Å². The first-order chi connectivity index (χ1) is 30.6. The van der Waals surface area contributed by atoms with Crippen LogP contribution in [0.15, 0.2) is 121 Å². The molecule has 0 aliphatic carbocycles. The maximum atomic E-state index is 12.7. The summed E-state index contributed by atoms with van der Waals surface area (Å²) >= 11 is 5.27. The molecule has 4 rings (SSSR count). The van der Waals surface area contributed by atoms with Gasteiger partial charge in [0.05, 0.1) is 0 Å². The summed E-state index contributed by atoms with van der Waals surface area (Å²) in [4.78, 5) is 74.7. The smallest absolute Gasteiger partial charge is 0.408 e. The monoisotopic (exact) mass is 951 g/mol. The highest BCUT2D eigenvalue weighted by atomic mass is 35.5. The van der Waals surface area contributed by atoms with Gasteiger partial charge in [-0.3, -0.25) is 9.59 Å². The Morgan fingerprint density at radius 2 is 0.894 bits per heavy atom. The van der Waals surface area contributed by atoms with Gasteiger partial charge in [0.25, 0.3) is 0 Å². The highest BCUT2D eigenvalue weighted by Gasteiger charge is 2.27. The van der Waals surface area contributed by atoms with Crippen LogP contribution in [0.1, 0.15) is 76.6 Å². The number of nitrogens with one attached hydrogen (secondary N) is 2. The van der Waals surface area contributed by atoms with Crippen molar-refractivity contribution in [2.45, 2.75) is 104 Å². The van der Waals surface area contributed by atoms with Crippen molar-refractivity contribution < 1.29 is 47.7 Å². The van der Waals surface area contributed by atoms with E-state index in [0.717, 1.165) is 22.3 Å². The van der Waals surface area contributed by atoms with E-state index in [0.29, 0.717) is 13.1 Å². The second-order valence-corrected chi connectivity index (χ2v) is 17.0. The van der Waals surface area contributed by atoms with E-state index in [2.05, 4.69) is 10.6 Å². The minimum Gasteiger partial charge on any atom is -0.459 e. The van der Waals surface area contributed by atoms with Crippen LogP contribution in [-0.2, 0) is 59.6 Å². The third-order valence-corrected chi connectivity index (χ3v) is 8.82. The Morgan fingerprint density at radius 3 is 1.24 bits per heavy atom. The van der Waals surface area contributed by atoms with E-state index in [1.165, 1.54) is 4.90 Å². The molecule has 0 saturated carbocycles. The number of alkyl carbamates (subject to hydrolysis) is 2. The lowest BCUT2D eigenvalue weighted by atomic mass is 10.1. The zero-order valence-corrected chi connectivity index (χ0v) is 40.8. The van der Waals surface area contributed by atoms with Crippen molar-refractivity contribution in [3.05, 3.63) is 144 Å². The number of carbonyl (C=O) groups is 6. The summed E-state index contributed by atoms with van der Waals surface area (Å²) in [6.45, 7) is 11.6. The molecule has 0 spiro atoms.